The molecule has 1 fully saturated rings. The summed E-state index contributed by atoms with van der Waals surface area (Å²) in [5, 5.41) is 9.36. The second-order valence-corrected chi connectivity index (χ2v) is 6.76. The second kappa shape index (κ2) is 7.99. The van der Waals surface area contributed by atoms with E-state index >= 15 is 0 Å². The summed E-state index contributed by atoms with van der Waals surface area (Å²) in [6.45, 7) is 2.11. The number of nitrogens with zero attached hydrogens (tertiary/aromatic N) is 3. The number of aryl methyl sites for hydroxylation is 1. The van der Waals surface area contributed by atoms with Gasteiger partial charge in [0.25, 0.3) is 0 Å². The van der Waals surface area contributed by atoms with Crippen LogP contribution in [0.15, 0.2) is 24.3 Å². The van der Waals surface area contributed by atoms with Crippen LogP contribution in [0.3, 0.4) is 0 Å². The predicted octanol–water partition coefficient (Wildman–Crippen LogP) is 2.19. The van der Waals surface area contributed by atoms with Gasteiger partial charge in [-0.1, -0.05) is 12.1 Å². The lowest BCUT2D eigenvalue weighted by Crippen LogP contribution is -2.45. The van der Waals surface area contributed by atoms with Crippen molar-refractivity contribution in [3.05, 3.63) is 47.0 Å². The number of hydrogen-bond donors (Lipinski definition) is 2. The Balaban J connectivity index is 1.61. The molecule has 0 saturated carbocycles. The molecule has 10 heteroatoms. The molecule has 0 spiro atoms. The molecule has 7 nitrogen and oxygen atoms in total. The Morgan fingerprint density at radius 1 is 1.39 bits per heavy atom. The van der Waals surface area contributed by atoms with Gasteiger partial charge >= 0.3 is 6.18 Å². The first kappa shape index (κ1) is 19.8. The van der Waals surface area contributed by atoms with Gasteiger partial charge in [0.15, 0.2) is 5.82 Å². The highest BCUT2D eigenvalue weighted by Crippen LogP contribution is 2.30. The predicted molar refractivity (Wildman–Crippen MR) is 92.6 cm³/mol. The topological polar surface area (TPSA) is 91.0 Å². The van der Waals surface area contributed by atoms with Gasteiger partial charge in [0, 0.05) is 19.5 Å². The average Bonchev–Trinajstić information content (AvgIpc) is 3.06. The highest BCUT2D eigenvalue weighted by Gasteiger charge is 2.32. The number of aromatic amines is 1. The summed E-state index contributed by atoms with van der Waals surface area (Å²) in [4.78, 5) is 30.1. The van der Waals surface area contributed by atoms with E-state index in [9.17, 15) is 22.8 Å². The minimum atomic E-state index is -4.44. The van der Waals surface area contributed by atoms with Crippen LogP contribution in [-0.2, 0) is 28.9 Å². The maximum Gasteiger partial charge on any atom is 0.416 e. The summed E-state index contributed by atoms with van der Waals surface area (Å²) in [5.74, 6) is 0.261. The SMILES string of the molecule is Cc1nc(CNC(=O)[C@@H]2CCC(=O)N(Cc3cccc(C(F)(F)F)c3)C2)n[nH]1. The molecule has 2 aromatic rings. The van der Waals surface area contributed by atoms with E-state index in [2.05, 4.69) is 20.5 Å². The van der Waals surface area contributed by atoms with E-state index in [0.717, 1.165) is 12.1 Å². The van der Waals surface area contributed by atoms with Gasteiger partial charge in [-0.2, -0.15) is 18.3 Å². The fourth-order valence-corrected chi connectivity index (χ4v) is 3.13. The van der Waals surface area contributed by atoms with Gasteiger partial charge in [-0.3, -0.25) is 14.7 Å². The van der Waals surface area contributed by atoms with Crippen LogP contribution in [0.25, 0.3) is 0 Å². The standard InChI is InChI=1S/C18H20F3N5O2/c1-11-23-15(25-24-11)8-22-17(28)13-5-6-16(27)26(10-13)9-12-3-2-4-14(7-12)18(19,20)21/h2-4,7,13H,5-6,8-10H2,1H3,(H,22,28)(H,23,24,25)/t13-/m1/s1. The Morgan fingerprint density at radius 2 is 2.18 bits per heavy atom. The maximum atomic E-state index is 12.9. The molecule has 3 rings (SSSR count). The van der Waals surface area contributed by atoms with Crippen molar-refractivity contribution < 1.29 is 22.8 Å². The number of nitrogens with one attached hydrogen (secondary N) is 2. The van der Waals surface area contributed by atoms with Crippen molar-refractivity contribution in [3.8, 4) is 0 Å². The summed E-state index contributed by atoms with van der Waals surface area (Å²) < 4.78 is 38.6. The van der Waals surface area contributed by atoms with Gasteiger partial charge in [0.2, 0.25) is 11.8 Å². The van der Waals surface area contributed by atoms with E-state index in [1.807, 2.05) is 0 Å². The van der Waals surface area contributed by atoms with Gasteiger partial charge in [-0.25, -0.2) is 4.98 Å². The molecule has 0 bridgehead atoms. The lowest BCUT2D eigenvalue weighted by atomic mass is 9.96. The number of rotatable bonds is 5. The number of hydrogen-bond acceptors (Lipinski definition) is 4. The fraction of sp³-hybridized carbons (Fsp3) is 0.444. The van der Waals surface area contributed by atoms with Gasteiger partial charge < -0.3 is 10.2 Å². The van der Waals surface area contributed by atoms with Crippen LogP contribution in [0.2, 0.25) is 0 Å². The number of H-pyrrole nitrogens is 1. The van der Waals surface area contributed by atoms with Crippen LogP contribution in [0.5, 0.6) is 0 Å². The Labute approximate surface area is 159 Å². The zero-order valence-corrected chi connectivity index (χ0v) is 15.2. The zero-order chi connectivity index (χ0) is 20.3. The Hall–Kier alpha value is -2.91. The van der Waals surface area contributed by atoms with E-state index in [0.29, 0.717) is 23.6 Å². The molecule has 2 N–H and O–H groups in total. The lowest BCUT2D eigenvalue weighted by Gasteiger charge is -2.32. The molecule has 2 amide bonds. The second-order valence-electron chi connectivity index (χ2n) is 6.76. The van der Waals surface area contributed by atoms with Crippen molar-refractivity contribution >= 4 is 11.8 Å². The van der Waals surface area contributed by atoms with Crippen molar-refractivity contribution in [1.82, 2.24) is 25.4 Å². The van der Waals surface area contributed by atoms with E-state index < -0.39 is 17.7 Å². The number of likely N-dealkylation sites (tertiary alicyclic amines) is 1. The molecule has 150 valence electrons. The van der Waals surface area contributed by atoms with Crippen molar-refractivity contribution in [3.63, 3.8) is 0 Å². The van der Waals surface area contributed by atoms with Crippen LogP contribution >= 0.6 is 0 Å². The Bertz CT molecular complexity index is 865. The molecule has 1 aliphatic heterocycles. The molecule has 0 aliphatic carbocycles. The average molecular weight is 395 g/mol. The van der Waals surface area contributed by atoms with Crippen LogP contribution in [0.1, 0.15) is 35.6 Å². The van der Waals surface area contributed by atoms with Crippen LogP contribution in [-0.4, -0.2) is 38.4 Å². The monoisotopic (exact) mass is 395 g/mol. The first-order chi connectivity index (χ1) is 13.2. The molecule has 2 heterocycles. The Morgan fingerprint density at radius 3 is 2.86 bits per heavy atom. The minimum absolute atomic E-state index is 0.0344. The van der Waals surface area contributed by atoms with Crippen LogP contribution in [0, 0.1) is 12.8 Å². The highest BCUT2D eigenvalue weighted by atomic mass is 19.4. The summed E-state index contributed by atoms with van der Waals surface area (Å²) in [6.07, 6.45) is -3.86. The van der Waals surface area contributed by atoms with E-state index in [1.54, 1.807) is 6.92 Å². The minimum Gasteiger partial charge on any atom is -0.348 e. The van der Waals surface area contributed by atoms with Crippen molar-refractivity contribution in [2.45, 2.75) is 39.0 Å². The third-order valence-electron chi connectivity index (χ3n) is 4.56. The molecular formula is C18H20F3N5O2. The van der Waals surface area contributed by atoms with Gasteiger partial charge in [0.05, 0.1) is 18.0 Å². The summed E-state index contributed by atoms with van der Waals surface area (Å²) in [6, 6.07) is 4.87. The van der Waals surface area contributed by atoms with Crippen LogP contribution < -0.4 is 5.32 Å². The summed E-state index contributed by atoms with van der Waals surface area (Å²) in [7, 11) is 0. The molecule has 1 aliphatic rings. The molecule has 1 atom stereocenters. The lowest BCUT2D eigenvalue weighted by molar-refractivity contribution is -0.139. The van der Waals surface area contributed by atoms with E-state index in [1.165, 1.54) is 17.0 Å². The first-order valence-corrected chi connectivity index (χ1v) is 8.82. The van der Waals surface area contributed by atoms with Crippen molar-refractivity contribution in [1.29, 1.82) is 0 Å². The number of piperidine rings is 1. The zero-order valence-electron chi connectivity index (χ0n) is 15.2. The molecule has 1 aromatic heterocycles. The Kier molecular flexibility index (Phi) is 5.66. The highest BCUT2D eigenvalue weighted by molar-refractivity contribution is 5.83. The third-order valence-corrected chi connectivity index (χ3v) is 4.56. The van der Waals surface area contributed by atoms with Crippen molar-refractivity contribution in [2.24, 2.45) is 5.92 Å². The summed E-state index contributed by atoms with van der Waals surface area (Å²) in [5.41, 5.74) is -0.383. The number of carbonyl (C=O) groups is 2. The number of amides is 2. The van der Waals surface area contributed by atoms with Gasteiger partial charge in [-0.15, -0.1) is 0 Å². The molecule has 28 heavy (non-hydrogen) atoms. The van der Waals surface area contributed by atoms with Gasteiger partial charge in [0.1, 0.15) is 5.82 Å². The smallest absolute Gasteiger partial charge is 0.348 e. The van der Waals surface area contributed by atoms with Gasteiger partial charge in [-0.05, 0) is 31.0 Å². The number of benzene rings is 1. The molecule has 0 unspecified atom stereocenters. The normalized spacial score (nSPS) is 17.6. The van der Waals surface area contributed by atoms with Crippen LogP contribution in [0.4, 0.5) is 13.2 Å². The molecule has 1 aromatic carbocycles. The van der Waals surface area contributed by atoms with Crippen molar-refractivity contribution in [2.75, 3.05) is 6.54 Å². The first-order valence-electron chi connectivity index (χ1n) is 8.82. The maximum absolute atomic E-state index is 12.9. The van der Waals surface area contributed by atoms with E-state index in [-0.39, 0.29) is 37.9 Å². The molecule has 1 saturated heterocycles. The quantitative estimate of drug-likeness (QED) is 0.812. The number of halogens is 3. The summed E-state index contributed by atoms with van der Waals surface area (Å²) >= 11 is 0. The molecular weight excluding hydrogens is 375 g/mol. The molecule has 0 radical (unpaired) electrons. The number of carbonyl (C=O) groups excluding carboxylic acids is 2. The number of aromatic nitrogens is 3. The number of alkyl halides is 3. The largest absolute Gasteiger partial charge is 0.416 e. The fourth-order valence-electron chi connectivity index (χ4n) is 3.13. The third kappa shape index (κ3) is 4.87. The van der Waals surface area contributed by atoms with E-state index in [4.69, 9.17) is 0 Å².